The van der Waals surface area contributed by atoms with Crippen LogP contribution >= 0.6 is 0 Å². The molecule has 1 nitrogen and oxygen atoms in total. The second-order valence-corrected chi connectivity index (χ2v) is 6.10. The highest BCUT2D eigenvalue weighted by molar-refractivity contribution is 6.89. The molecular formula is C16H14NSi. The Labute approximate surface area is 110 Å². The summed E-state index contributed by atoms with van der Waals surface area (Å²) in [5.41, 5.74) is 6.71. The highest BCUT2D eigenvalue weighted by Crippen LogP contribution is 2.24. The Morgan fingerprint density at radius 1 is 1.00 bits per heavy atom. The van der Waals surface area contributed by atoms with Gasteiger partial charge in [0.05, 0.1) is 0 Å². The second-order valence-electron chi connectivity index (χ2n) is 4.24. The molecule has 0 heterocycles. The molecule has 18 heavy (non-hydrogen) atoms. The van der Waals surface area contributed by atoms with Crippen LogP contribution in [0.4, 0.5) is 5.69 Å². The maximum absolute atomic E-state index is 5.57. The zero-order chi connectivity index (χ0) is 13.1. The van der Waals surface area contributed by atoms with Crippen LogP contribution in [-0.2, 0) is 0 Å². The van der Waals surface area contributed by atoms with Crippen molar-refractivity contribution in [2.45, 2.75) is 0 Å². The van der Waals surface area contributed by atoms with E-state index in [1.54, 1.807) is 0 Å². The second kappa shape index (κ2) is 5.00. The van der Waals surface area contributed by atoms with Gasteiger partial charge in [-0.3, -0.25) is 0 Å². The Bertz CT molecular complexity index is 640. The summed E-state index contributed by atoms with van der Waals surface area (Å²) in [6.45, 7) is 0. The van der Waals surface area contributed by atoms with E-state index in [4.69, 9.17) is 12.8 Å². The largest absolute Gasteiger partial charge is 0.377 e. The third kappa shape index (κ3) is 1.99. The molecule has 2 rings (SSSR count). The molecular weight excluding hydrogens is 234 g/mol. The monoisotopic (exact) mass is 248 g/mol. The maximum Gasteiger partial charge on any atom is 0.267 e. The average Bonchev–Trinajstić information content (AvgIpc) is 2.39. The van der Waals surface area contributed by atoms with Crippen molar-refractivity contribution in [1.29, 1.82) is 0 Å². The smallest absolute Gasteiger partial charge is 0.267 e. The van der Waals surface area contributed by atoms with Crippen molar-refractivity contribution < 1.29 is 0 Å². The van der Waals surface area contributed by atoms with Crippen molar-refractivity contribution in [3.05, 3.63) is 36.4 Å². The van der Waals surface area contributed by atoms with E-state index in [0.717, 1.165) is 10.9 Å². The van der Waals surface area contributed by atoms with E-state index in [9.17, 15) is 0 Å². The molecule has 0 amide bonds. The number of benzene rings is 2. The fraction of sp³-hybridized carbons (Fsp3) is 0.125. The van der Waals surface area contributed by atoms with Crippen LogP contribution in [0.25, 0.3) is 10.8 Å². The molecule has 2 heteroatoms. The van der Waals surface area contributed by atoms with Crippen LogP contribution in [0.5, 0.6) is 0 Å². The summed E-state index contributed by atoms with van der Waals surface area (Å²) >= 11 is 0. The standard InChI is InChI=1S/C16H14NSi/c1-5-18(6-2)15-12-8-10-13-9-7-11-14(16(13)15)17(3)4/h1-2,7-12H,3-4H3. The average molecular weight is 248 g/mol. The van der Waals surface area contributed by atoms with Gasteiger partial charge in [0.15, 0.2) is 0 Å². The molecule has 0 fully saturated rings. The van der Waals surface area contributed by atoms with E-state index in [1.807, 2.05) is 20.2 Å². The van der Waals surface area contributed by atoms with E-state index in [2.05, 4.69) is 46.3 Å². The zero-order valence-corrected chi connectivity index (χ0v) is 11.6. The van der Waals surface area contributed by atoms with Crippen LogP contribution in [0.2, 0.25) is 0 Å². The van der Waals surface area contributed by atoms with Gasteiger partial charge in [-0.1, -0.05) is 30.3 Å². The Hall–Kier alpha value is -2.16. The molecule has 0 saturated carbocycles. The van der Waals surface area contributed by atoms with Crippen molar-refractivity contribution in [1.82, 2.24) is 0 Å². The molecule has 0 aromatic heterocycles. The number of nitrogens with zero attached hydrogens (tertiary/aromatic N) is 1. The van der Waals surface area contributed by atoms with Crippen molar-refractivity contribution in [3.8, 4) is 23.9 Å². The van der Waals surface area contributed by atoms with Crippen LogP contribution in [0.15, 0.2) is 36.4 Å². The zero-order valence-electron chi connectivity index (χ0n) is 10.6. The summed E-state index contributed by atoms with van der Waals surface area (Å²) in [4.78, 5) is 2.10. The minimum atomic E-state index is -1.35. The van der Waals surface area contributed by atoms with Gasteiger partial charge in [-0.25, -0.2) is 0 Å². The summed E-state index contributed by atoms with van der Waals surface area (Å²) in [7, 11) is 2.71. The Morgan fingerprint density at radius 2 is 1.61 bits per heavy atom. The van der Waals surface area contributed by atoms with E-state index >= 15 is 0 Å². The lowest BCUT2D eigenvalue weighted by molar-refractivity contribution is 1.14. The van der Waals surface area contributed by atoms with Gasteiger partial charge in [0.1, 0.15) is 0 Å². The van der Waals surface area contributed by atoms with Gasteiger partial charge in [-0.05, 0) is 16.6 Å². The van der Waals surface area contributed by atoms with Gasteiger partial charge < -0.3 is 4.90 Å². The van der Waals surface area contributed by atoms with Crippen LogP contribution < -0.4 is 10.1 Å². The van der Waals surface area contributed by atoms with Crippen LogP contribution in [-0.4, -0.2) is 22.9 Å². The van der Waals surface area contributed by atoms with E-state index in [0.29, 0.717) is 0 Å². The third-order valence-electron chi connectivity index (χ3n) is 2.92. The summed E-state index contributed by atoms with van der Waals surface area (Å²) in [5.74, 6) is 0. The highest BCUT2D eigenvalue weighted by Gasteiger charge is 2.15. The molecule has 0 aliphatic heterocycles. The lowest BCUT2D eigenvalue weighted by Crippen LogP contribution is -2.29. The Kier molecular flexibility index (Phi) is 3.42. The first-order valence-electron chi connectivity index (χ1n) is 5.68. The molecule has 0 aliphatic rings. The molecule has 1 radical (unpaired) electrons. The molecule has 2 aromatic carbocycles. The topological polar surface area (TPSA) is 3.24 Å². The highest BCUT2D eigenvalue weighted by atomic mass is 28.3. The van der Waals surface area contributed by atoms with Crippen molar-refractivity contribution in [2.75, 3.05) is 19.0 Å². The fourth-order valence-corrected chi connectivity index (χ4v) is 3.28. The number of hydrogen-bond donors (Lipinski definition) is 0. The Balaban J connectivity index is 2.83. The molecule has 0 N–H and O–H groups in total. The minimum Gasteiger partial charge on any atom is -0.377 e. The fourth-order valence-electron chi connectivity index (χ4n) is 2.10. The lowest BCUT2D eigenvalue weighted by atomic mass is 10.1. The van der Waals surface area contributed by atoms with Gasteiger partial charge in [0.2, 0.25) is 0 Å². The number of terminal acetylenes is 2. The van der Waals surface area contributed by atoms with Crippen LogP contribution in [0.1, 0.15) is 0 Å². The van der Waals surface area contributed by atoms with Crippen LogP contribution in [0, 0.1) is 23.9 Å². The van der Waals surface area contributed by atoms with Gasteiger partial charge in [-0.2, -0.15) is 0 Å². The molecule has 0 unspecified atom stereocenters. The molecule has 0 saturated heterocycles. The predicted octanol–water partition coefficient (Wildman–Crippen LogP) is 1.95. The minimum absolute atomic E-state index is 1.13. The molecule has 0 atom stereocenters. The van der Waals surface area contributed by atoms with Crippen molar-refractivity contribution in [2.24, 2.45) is 0 Å². The lowest BCUT2D eigenvalue weighted by Gasteiger charge is -2.18. The summed E-state index contributed by atoms with van der Waals surface area (Å²) < 4.78 is 0. The number of anilines is 1. The summed E-state index contributed by atoms with van der Waals surface area (Å²) in [5, 5.41) is 3.51. The Morgan fingerprint density at radius 3 is 2.17 bits per heavy atom. The van der Waals surface area contributed by atoms with Gasteiger partial charge in [-0.15, -0.1) is 23.9 Å². The maximum atomic E-state index is 5.57. The van der Waals surface area contributed by atoms with Gasteiger partial charge in [0.25, 0.3) is 8.80 Å². The molecule has 0 aliphatic carbocycles. The predicted molar refractivity (Wildman–Crippen MR) is 81.3 cm³/mol. The molecule has 0 bridgehead atoms. The first kappa shape index (κ1) is 12.3. The van der Waals surface area contributed by atoms with Crippen molar-refractivity contribution >= 4 is 30.4 Å². The van der Waals surface area contributed by atoms with E-state index in [-0.39, 0.29) is 0 Å². The van der Waals surface area contributed by atoms with Crippen LogP contribution in [0.3, 0.4) is 0 Å². The molecule has 2 aromatic rings. The number of rotatable bonds is 2. The first-order chi connectivity index (χ1) is 8.69. The quantitative estimate of drug-likeness (QED) is 0.580. The van der Waals surface area contributed by atoms with Crippen molar-refractivity contribution in [3.63, 3.8) is 0 Å². The molecule has 87 valence electrons. The number of hydrogen-bond acceptors (Lipinski definition) is 1. The third-order valence-corrected chi connectivity index (χ3v) is 4.46. The molecule has 0 spiro atoms. The van der Waals surface area contributed by atoms with E-state index < -0.39 is 8.80 Å². The SMILES string of the molecule is C#C[Si](C#C)c1cccc2cccc(N(C)C)c12. The van der Waals surface area contributed by atoms with Gasteiger partial charge >= 0.3 is 0 Å². The van der Waals surface area contributed by atoms with Gasteiger partial charge in [0, 0.05) is 25.2 Å². The normalized spacial score (nSPS) is 10.1. The summed E-state index contributed by atoms with van der Waals surface area (Å²) in [6, 6.07) is 12.4. The van der Waals surface area contributed by atoms with E-state index in [1.165, 1.54) is 10.8 Å². The number of fused-ring (bicyclic) bond motifs is 1. The summed E-state index contributed by atoms with van der Waals surface area (Å²) in [6.07, 6.45) is 11.1. The first-order valence-corrected chi connectivity index (χ1v) is 7.18.